The summed E-state index contributed by atoms with van der Waals surface area (Å²) < 4.78 is 29.6. The molecule has 1 amide bonds. The topological polar surface area (TPSA) is 77.8 Å². The average molecular weight is 385 g/mol. The molecule has 0 saturated carbocycles. The van der Waals surface area contributed by atoms with Gasteiger partial charge in [0.1, 0.15) is 11.4 Å². The third kappa shape index (κ3) is 4.55. The molecule has 0 unspecified atom stereocenters. The number of fused-ring (bicyclic) bond motifs is 1. The first-order valence-electron chi connectivity index (χ1n) is 8.85. The fraction of sp³-hybridized carbons (Fsp3) is 0.238. The molecule has 0 aliphatic carbocycles. The molecule has 146 valence electrons. The predicted octanol–water partition coefficient (Wildman–Crippen LogP) is 3.58. The summed E-state index contributed by atoms with van der Waals surface area (Å²) in [5.41, 5.74) is 1.46. The number of para-hydroxylation sites is 1. The second-order valence-corrected chi connectivity index (χ2v) is 5.99. The Labute approximate surface area is 161 Å². The molecule has 0 aliphatic rings. The van der Waals surface area contributed by atoms with Gasteiger partial charge in [0.05, 0.1) is 6.61 Å². The molecule has 6 nitrogen and oxygen atoms in total. The van der Waals surface area contributed by atoms with Crippen molar-refractivity contribution in [1.82, 2.24) is 5.32 Å². The van der Waals surface area contributed by atoms with Gasteiger partial charge in [0, 0.05) is 29.7 Å². The van der Waals surface area contributed by atoms with Gasteiger partial charge in [-0.25, -0.2) is 9.18 Å². The summed E-state index contributed by atoms with van der Waals surface area (Å²) in [6, 6.07) is 13.3. The lowest BCUT2D eigenvalue weighted by atomic mass is 10.1. The number of amides is 1. The zero-order valence-corrected chi connectivity index (χ0v) is 15.4. The monoisotopic (exact) mass is 385 g/mol. The molecule has 1 aromatic heterocycles. The average Bonchev–Trinajstić information content (AvgIpc) is 3.08. The highest BCUT2D eigenvalue weighted by Crippen LogP contribution is 2.27. The molecule has 2 aromatic carbocycles. The van der Waals surface area contributed by atoms with E-state index >= 15 is 0 Å². The summed E-state index contributed by atoms with van der Waals surface area (Å²) in [4.78, 5) is 24.3. The number of nitrogens with one attached hydrogen (secondary N) is 1. The molecular weight excluding hydrogens is 365 g/mol. The molecule has 7 heteroatoms. The van der Waals surface area contributed by atoms with Gasteiger partial charge in [-0.15, -0.1) is 0 Å². The Kier molecular flexibility index (Phi) is 6.39. The van der Waals surface area contributed by atoms with Gasteiger partial charge in [0.25, 0.3) is 5.91 Å². The van der Waals surface area contributed by atoms with Crippen LogP contribution in [0.4, 0.5) is 4.39 Å². The van der Waals surface area contributed by atoms with Crippen molar-refractivity contribution < 1.29 is 27.9 Å². The molecule has 0 atom stereocenters. The minimum atomic E-state index is -0.757. The Hall–Kier alpha value is -3.19. The van der Waals surface area contributed by atoms with E-state index in [-0.39, 0.29) is 18.9 Å². The number of carbonyl (C=O) groups is 2. The summed E-state index contributed by atoms with van der Waals surface area (Å²) in [5, 5.41) is 3.27. The Morgan fingerprint density at radius 3 is 2.64 bits per heavy atom. The van der Waals surface area contributed by atoms with Crippen molar-refractivity contribution in [2.45, 2.75) is 20.1 Å². The zero-order valence-electron chi connectivity index (χ0n) is 15.4. The number of furan rings is 1. The fourth-order valence-electron chi connectivity index (χ4n) is 2.69. The van der Waals surface area contributed by atoms with E-state index in [1.165, 1.54) is 6.07 Å². The number of esters is 1. The van der Waals surface area contributed by atoms with Gasteiger partial charge in [-0.3, -0.25) is 4.79 Å². The van der Waals surface area contributed by atoms with Crippen LogP contribution in [0.15, 0.2) is 52.9 Å². The molecule has 0 aliphatic heterocycles. The van der Waals surface area contributed by atoms with Gasteiger partial charge in [-0.1, -0.05) is 36.4 Å². The van der Waals surface area contributed by atoms with Crippen molar-refractivity contribution >= 4 is 22.8 Å². The van der Waals surface area contributed by atoms with E-state index in [9.17, 15) is 14.0 Å². The molecule has 0 bridgehead atoms. The van der Waals surface area contributed by atoms with E-state index in [0.29, 0.717) is 23.3 Å². The maximum atomic E-state index is 13.6. The zero-order chi connectivity index (χ0) is 19.9. The maximum Gasteiger partial charge on any atom is 0.375 e. The minimum absolute atomic E-state index is 0.00326. The van der Waals surface area contributed by atoms with Crippen molar-refractivity contribution in [3.8, 4) is 0 Å². The first-order valence-corrected chi connectivity index (χ1v) is 8.85. The van der Waals surface area contributed by atoms with Crippen LogP contribution in [0, 0.1) is 5.82 Å². The highest BCUT2D eigenvalue weighted by Gasteiger charge is 2.22. The van der Waals surface area contributed by atoms with Gasteiger partial charge >= 0.3 is 5.97 Å². The Bertz CT molecular complexity index is 982. The molecule has 0 spiro atoms. The normalized spacial score (nSPS) is 10.8. The SMILES string of the molecule is CCOCc1c(C(=O)OCC(=O)NCc2ccccc2F)oc2ccccc12. The van der Waals surface area contributed by atoms with Crippen LogP contribution in [-0.4, -0.2) is 25.1 Å². The maximum absolute atomic E-state index is 13.6. The lowest BCUT2D eigenvalue weighted by Gasteiger charge is -2.07. The van der Waals surface area contributed by atoms with Gasteiger partial charge in [0.15, 0.2) is 6.61 Å². The van der Waals surface area contributed by atoms with E-state index < -0.39 is 24.3 Å². The van der Waals surface area contributed by atoms with Crippen LogP contribution in [0.5, 0.6) is 0 Å². The van der Waals surface area contributed by atoms with Crippen molar-refractivity contribution in [1.29, 1.82) is 0 Å². The van der Waals surface area contributed by atoms with Crippen LogP contribution in [0.3, 0.4) is 0 Å². The number of ether oxygens (including phenoxy) is 2. The van der Waals surface area contributed by atoms with Crippen LogP contribution in [-0.2, 0) is 27.4 Å². The van der Waals surface area contributed by atoms with Crippen LogP contribution >= 0.6 is 0 Å². The van der Waals surface area contributed by atoms with E-state index in [4.69, 9.17) is 13.9 Å². The summed E-state index contributed by atoms with van der Waals surface area (Å²) in [6.07, 6.45) is 0. The van der Waals surface area contributed by atoms with Crippen LogP contribution in [0.2, 0.25) is 0 Å². The summed E-state index contributed by atoms with van der Waals surface area (Å²) >= 11 is 0. The number of rotatable bonds is 8. The van der Waals surface area contributed by atoms with Gasteiger partial charge in [-0.05, 0) is 19.1 Å². The molecule has 0 fully saturated rings. The highest BCUT2D eigenvalue weighted by atomic mass is 19.1. The van der Waals surface area contributed by atoms with Crippen molar-refractivity contribution in [3.05, 3.63) is 71.2 Å². The standard InChI is InChI=1S/C21H20FNO5/c1-2-26-12-16-15-8-4-6-10-18(15)28-20(16)21(25)27-13-19(24)23-11-14-7-3-5-9-17(14)22/h3-10H,2,11-13H2,1H3,(H,23,24). The molecule has 28 heavy (non-hydrogen) atoms. The predicted molar refractivity (Wildman–Crippen MR) is 100 cm³/mol. The molecule has 1 N–H and O–H groups in total. The first-order chi connectivity index (χ1) is 13.6. The summed E-state index contributed by atoms with van der Waals surface area (Å²) in [5.74, 6) is -1.70. The van der Waals surface area contributed by atoms with Crippen LogP contribution in [0.1, 0.15) is 28.6 Å². The quantitative estimate of drug-likeness (QED) is 0.600. The fourth-order valence-corrected chi connectivity index (χ4v) is 2.69. The molecular formula is C21H20FNO5. The second kappa shape index (κ2) is 9.14. The second-order valence-electron chi connectivity index (χ2n) is 5.99. The van der Waals surface area contributed by atoms with Gasteiger partial charge < -0.3 is 19.2 Å². The molecule has 0 saturated heterocycles. The third-order valence-corrected chi connectivity index (χ3v) is 4.10. The van der Waals surface area contributed by atoms with Gasteiger partial charge in [-0.2, -0.15) is 0 Å². The van der Waals surface area contributed by atoms with Gasteiger partial charge in [0.2, 0.25) is 5.76 Å². The molecule has 0 radical (unpaired) electrons. The van der Waals surface area contributed by atoms with Crippen molar-refractivity contribution in [2.24, 2.45) is 0 Å². The smallest absolute Gasteiger partial charge is 0.375 e. The largest absolute Gasteiger partial charge is 0.450 e. The van der Waals surface area contributed by atoms with Crippen molar-refractivity contribution in [2.75, 3.05) is 13.2 Å². The highest BCUT2D eigenvalue weighted by molar-refractivity contribution is 5.96. The summed E-state index contributed by atoms with van der Waals surface area (Å²) in [7, 11) is 0. The number of halogens is 1. The van der Waals surface area contributed by atoms with E-state index in [0.717, 1.165) is 5.39 Å². The first kappa shape index (κ1) is 19.6. The third-order valence-electron chi connectivity index (χ3n) is 4.10. The number of carbonyl (C=O) groups excluding carboxylic acids is 2. The number of hydrogen-bond acceptors (Lipinski definition) is 5. The van der Waals surface area contributed by atoms with Crippen LogP contribution < -0.4 is 5.32 Å². The minimum Gasteiger partial charge on any atom is -0.450 e. The Balaban J connectivity index is 1.63. The number of benzene rings is 2. The van der Waals surface area contributed by atoms with E-state index in [2.05, 4.69) is 5.32 Å². The Morgan fingerprint density at radius 1 is 1.11 bits per heavy atom. The van der Waals surface area contributed by atoms with Crippen LogP contribution in [0.25, 0.3) is 11.0 Å². The van der Waals surface area contributed by atoms with E-state index in [1.807, 2.05) is 19.1 Å². The Morgan fingerprint density at radius 2 is 1.86 bits per heavy atom. The number of hydrogen-bond donors (Lipinski definition) is 1. The molecule has 1 heterocycles. The molecule has 3 aromatic rings. The van der Waals surface area contributed by atoms with E-state index in [1.54, 1.807) is 30.3 Å². The summed E-state index contributed by atoms with van der Waals surface area (Å²) in [6.45, 7) is 2.02. The van der Waals surface area contributed by atoms with Crippen molar-refractivity contribution in [3.63, 3.8) is 0 Å². The lowest BCUT2D eigenvalue weighted by Crippen LogP contribution is -2.28. The lowest BCUT2D eigenvalue weighted by molar-refractivity contribution is -0.124. The molecule has 3 rings (SSSR count).